The van der Waals surface area contributed by atoms with Crippen molar-refractivity contribution in [1.82, 2.24) is 9.97 Å². The van der Waals surface area contributed by atoms with Crippen LogP contribution in [0, 0.1) is 6.92 Å². The summed E-state index contributed by atoms with van der Waals surface area (Å²) in [6.45, 7) is 6.66. The summed E-state index contributed by atoms with van der Waals surface area (Å²) >= 11 is 3.48. The lowest BCUT2D eigenvalue weighted by atomic mass is 10.3. The van der Waals surface area contributed by atoms with Crippen LogP contribution in [0.15, 0.2) is 4.47 Å². The predicted octanol–water partition coefficient (Wildman–Crippen LogP) is 2.18. The number of hydrogen-bond donors (Lipinski definition) is 1. The first-order valence-electron chi connectivity index (χ1n) is 6.02. The van der Waals surface area contributed by atoms with Crippen molar-refractivity contribution in [1.29, 1.82) is 0 Å². The molecule has 102 valence electrons. The molecule has 18 heavy (non-hydrogen) atoms. The molecule has 1 aromatic heterocycles. The standard InChI is InChI=1S/C12H20BrN3O2/c1-4-14-12-11(13)9(2)15-10(16-12)5-6-18-8-7-17-3/h4-8H2,1-3H3,(H,14,15,16). The lowest BCUT2D eigenvalue weighted by Crippen LogP contribution is -2.10. The van der Waals surface area contributed by atoms with Crippen LogP contribution in [0.2, 0.25) is 0 Å². The predicted molar refractivity (Wildman–Crippen MR) is 75.0 cm³/mol. The summed E-state index contributed by atoms with van der Waals surface area (Å²) < 4.78 is 11.2. The Balaban J connectivity index is 2.55. The Morgan fingerprint density at radius 2 is 2.00 bits per heavy atom. The molecule has 0 aromatic carbocycles. The number of nitrogens with one attached hydrogen (secondary N) is 1. The van der Waals surface area contributed by atoms with Gasteiger partial charge in [0.25, 0.3) is 0 Å². The van der Waals surface area contributed by atoms with E-state index in [1.807, 2.05) is 13.8 Å². The molecule has 0 amide bonds. The lowest BCUT2D eigenvalue weighted by Gasteiger charge is -2.10. The molecule has 1 rings (SSSR count). The number of nitrogens with zero attached hydrogens (tertiary/aromatic N) is 2. The van der Waals surface area contributed by atoms with Gasteiger partial charge in [0.1, 0.15) is 11.6 Å². The third-order valence-corrected chi connectivity index (χ3v) is 3.26. The second-order valence-electron chi connectivity index (χ2n) is 3.77. The number of anilines is 1. The van der Waals surface area contributed by atoms with Crippen molar-refractivity contribution in [2.75, 3.05) is 38.8 Å². The second-order valence-corrected chi connectivity index (χ2v) is 4.57. The zero-order valence-electron chi connectivity index (χ0n) is 11.1. The van der Waals surface area contributed by atoms with Gasteiger partial charge in [-0.1, -0.05) is 0 Å². The number of aryl methyl sites for hydroxylation is 1. The zero-order chi connectivity index (χ0) is 13.4. The number of rotatable bonds is 8. The smallest absolute Gasteiger partial charge is 0.144 e. The molecule has 6 heteroatoms. The highest BCUT2D eigenvalue weighted by molar-refractivity contribution is 9.10. The fourth-order valence-corrected chi connectivity index (χ4v) is 1.74. The van der Waals surface area contributed by atoms with Gasteiger partial charge in [0, 0.05) is 20.1 Å². The maximum Gasteiger partial charge on any atom is 0.144 e. The number of methoxy groups -OCH3 is 1. The van der Waals surface area contributed by atoms with E-state index in [0.29, 0.717) is 26.2 Å². The molecule has 0 saturated carbocycles. The molecule has 0 aliphatic rings. The third-order valence-electron chi connectivity index (χ3n) is 2.31. The highest BCUT2D eigenvalue weighted by Crippen LogP contribution is 2.22. The quantitative estimate of drug-likeness (QED) is 0.745. The molecule has 1 heterocycles. The molecule has 1 N–H and O–H groups in total. The highest BCUT2D eigenvalue weighted by atomic mass is 79.9. The van der Waals surface area contributed by atoms with Crippen molar-refractivity contribution in [2.45, 2.75) is 20.3 Å². The van der Waals surface area contributed by atoms with E-state index in [9.17, 15) is 0 Å². The van der Waals surface area contributed by atoms with Gasteiger partial charge in [-0.25, -0.2) is 9.97 Å². The van der Waals surface area contributed by atoms with E-state index in [2.05, 4.69) is 31.2 Å². The largest absolute Gasteiger partial charge is 0.382 e. The number of ether oxygens (including phenoxy) is 2. The molecular weight excluding hydrogens is 298 g/mol. The summed E-state index contributed by atoms with van der Waals surface area (Å²) in [7, 11) is 1.66. The Labute approximate surface area is 116 Å². The van der Waals surface area contributed by atoms with Crippen LogP contribution in [0.3, 0.4) is 0 Å². The summed E-state index contributed by atoms with van der Waals surface area (Å²) in [5.41, 5.74) is 0.938. The van der Waals surface area contributed by atoms with E-state index in [1.165, 1.54) is 0 Å². The minimum absolute atomic E-state index is 0.603. The molecule has 0 bridgehead atoms. The summed E-state index contributed by atoms with van der Waals surface area (Å²) in [6.07, 6.45) is 0.705. The van der Waals surface area contributed by atoms with Gasteiger partial charge in [0.15, 0.2) is 0 Å². The van der Waals surface area contributed by atoms with Crippen LogP contribution >= 0.6 is 15.9 Å². The van der Waals surface area contributed by atoms with Crippen LogP contribution in [0.25, 0.3) is 0 Å². The molecule has 0 atom stereocenters. The van der Waals surface area contributed by atoms with Gasteiger partial charge in [-0.3, -0.25) is 0 Å². The summed E-state index contributed by atoms with van der Waals surface area (Å²) in [6, 6.07) is 0. The molecule has 0 fully saturated rings. The van der Waals surface area contributed by atoms with E-state index in [1.54, 1.807) is 7.11 Å². The third kappa shape index (κ3) is 4.88. The van der Waals surface area contributed by atoms with E-state index < -0.39 is 0 Å². The minimum atomic E-state index is 0.603. The maximum absolute atomic E-state index is 5.41. The van der Waals surface area contributed by atoms with Crippen LogP contribution in [-0.2, 0) is 15.9 Å². The summed E-state index contributed by atoms with van der Waals surface area (Å²) in [5.74, 6) is 1.64. The molecule has 5 nitrogen and oxygen atoms in total. The van der Waals surface area contributed by atoms with Crippen molar-refractivity contribution in [3.63, 3.8) is 0 Å². The zero-order valence-corrected chi connectivity index (χ0v) is 12.7. The Hall–Kier alpha value is -0.720. The first-order chi connectivity index (χ1) is 8.69. The Bertz CT molecular complexity index is 375. The molecule has 1 aromatic rings. The van der Waals surface area contributed by atoms with Crippen LogP contribution in [0.1, 0.15) is 18.4 Å². The monoisotopic (exact) mass is 317 g/mol. The molecule has 0 unspecified atom stereocenters. The van der Waals surface area contributed by atoms with Gasteiger partial charge < -0.3 is 14.8 Å². The molecule has 0 aliphatic carbocycles. The average Bonchev–Trinajstić information content (AvgIpc) is 2.35. The SMILES string of the molecule is CCNc1nc(CCOCCOC)nc(C)c1Br. The first kappa shape index (κ1) is 15.3. The maximum atomic E-state index is 5.41. The van der Waals surface area contributed by atoms with E-state index in [4.69, 9.17) is 9.47 Å². The van der Waals surface area contributed by atoms with Crippen molar-refractivity contribution < 1.29 is 9.47 Å². The van der Waals surface area contributed by atoms with Gasteiger partial charge in [0.2, 0.25) is 0 Å². The number of aromatic nitrogens is 2. The highest BCUT2D eigenvalue weighted by Gasteiger charge is 2.08. The van der Waals surface area contributed by atoms with Crippen molar-refractivity contribution in [3.05, 3.63) is 16.0 Å². The molecular formula is C12H20BrN3O2. The Morgan fingerprint density at radius 1 is 1.22 bits per heavy atom. The fraction of sp³-hybridized carbons (Fsp3) is 0.667. The van der Waals surface area contributed by atoms with E-state index in [-0.39, 0.29) is 0 Å². The number of hydrogen-bond acceptors (Lipinski definition) is 5. The van der Waals surface area contributed by atoms with Crippen molar-refractivity contribution in [2.24, 2.45) is 0 Å². The summed E-state index contributed by atoms with van der Waals surface area (Å²) in [4.78, 5) is 8.88. The van der Waals surface area contributed by atoms with Crippen LogP contribution in [0.4, 0.5) is 5.82 Å². The summed E-state index contributed by atoms with van der Waals surface area (Å²) in [5, 5.41) is 3.21. The van der Waals surface area contributed by atoms with Gasteiger partial charge in [-0.05, 0) is 29.8 Å². The molecule has 0 saturated heterocycles. The van der Waals surface area contributed by atoms with Crippen LogP contribution < -0.4 is 5.32 Å². The Kier molecular flexibility index (Phi) is 7.15. The normalized spacial score (nSPS) is 10.7. The lowest BCUT2D eigenvalue weighted by molar-refractivity contribution is 0.0716. The van der Waals surface area contributed by atoms with Gasteiger partial charge >= 0.3 is 0 Å². The second kappa shape index (κ2) is 8.39. The van der Waals surface area contributed by atoms with Crippen molar-refractivity contribution >= 4 is 21.7 Å². The topological polar surface area (TPSA) is 56.3 Å². The van der Waals surface area contributed by atoms with Crippen molar-refractivity contribution in [3.8, 4) is 0 Å². The molecule has 0 aliphatic heterocycles. The molecule has 0 radical (unpaired) electrons. The van der Waals surface area contributed by atoms with Gasteiger partial charge in [-0.2, -0.15) is 0 Å². The first-order valence-corrected chi connectivity index (χ1v) is 6.81. The van der Waals surface area contributed by atoms with Crippen LogP contribution in [0.5, 0.6) is 0 Å². The fourth-order valence-electron chi connectivity index (χ4n) is 1.42. The van der Waals surface area contributed by atoms with Gasteiger partial charge in [-0.15, -0.1) is 0 Å². The molecule has 0 spiro atoms. The van der Waals surface area contributed by atoms with E-state index in [0.717, 1.165) is 28.4 Å². The number of halogens is 1. The average molecular weight is 318 g/mol. The minimum Gasteiger partial charge on any atom is -0.382 e. The van der Waals surface area contributed by atoms with E-state index >= 15 is 0 Å². The Morgan fingerprint density at radius 3 is 2.67 bits per heavy atom. The van der Waals surface area contributed by atoms with Crippen LogP contribution in [-0.4, -0.2) is 43.4 Å². The van der Waals surface area contributed by atoms with Gasteiger partial charge in [0.05, 0.1) is 30.0 Å².